The monoisotopic (exact) mass is 284 g/mol. The topological polar surface area (TPSA) is 17.8 Å². The van der Waals surface area contributed by atoms with Crippen LogP contribution in [-0.2, 0) is 5.88 Å². The molecule has 0 unspecified atom stereocenters. The molecule has 0 aliphatic rings. The maximum absolute atomic E-state index is 6.10. The van der Waals surface area contributed by atoms with Crippen LogP contribution in [0.1, 0.15) is 22.5 Å². The van der Waals surface area contributed by atoms with Gasteiger partial charge in [-0.25, -0.2) is 4.98 Å². The van der Waals surface area contributed by atoms with Crippen molar-refractivity contribution in [1.29, 1.82) is 0 Å². The van der Waals surface area contributed by atoms with E-state index in [0.29, 0.717) is 5.88 Å². The number of benzene rings is 2. The first-order valence-corrected chi connectivity index (χ1v) is 7.25. The van der Waals surface area contributed by atoms with Gasteiger partial charge in [0.2, 0.25) is 0 Å². The van der Waals surface area contributed by atoms with Gasteiger partial charge in [-0.2, -0.15) is 0 Å². The lowest BCUT2D eigenvalue weighted by atomic mass is 10.1. The SMILES string of the molecule is Cc1ccc(C)c(-n2c(CCl)nc3cc(C)ccc32)c1. The van der Waals surface area contributed by atoms with E-state index in [1.807, 2.05) is 0 Å². The highest BCUT2D eigenvalue weighted by molar-refractivity contribution is 6.17. The maximum atomic E-state index is 6.10. The average molecular weight is 285 g/mol. The minimum Gasteiger partial charge on any atom is -0.295 e. The zero-order valence-corrected chi connectivity index (χ0v) is 12.7. The second kappa shape index (κ2) is 4.95. The highest BCUT2D eigenvalue weighted by atomic mass is 35.5. The molecule has 20 heavy (non-hydrogen) atoms. The molecule has 1 aromatic heterocycles. The van der Waals surface area contributed by atoms with Gasteiger partial charge in [0.1, 0.15) is 5.82 Å². The van der Waals surface area contributed by atoms with Crippen molar-refractivity contribution in [2.75, 3.05) is 0 Å². The van der Waals surface area contributed by atoms with Crippen LogP contribution in [0.4, 0.5) is 0 Å². The van der Waals surface area contributed by atoms with Crippen LogP contribution in [0.3, 0.4) is 0 Å². The zero-order valence-electron chi connectivity index (χ0n) is 11.9. The molecule has 0 aliphatic heterocycles. The van der Waals surface area contributed by atoms with Crippen LogP contribution in [0.15, 0.2) is 36.4 Å². The Morgan fingerprint density at radius 3 is 2.45 bits per heavy atom. The molecule has 0 N–H and O–H groups in total. The van der Waals surface area contributed by atoms with Gasteiger partial charge in [-0.15, -0.1) is 11.6 Å². The molecule has 2 aromatic carbocycles. The molecule has 0 radical (unpaired) electrons. The number of imidazole rings is 1. The number of hydrogen-bond donors (Lipinski definition) is 0. The summed E-state index contributed by atoms with van der Waals surface area (Å²) in [6.45, 7) is 6.30. The number of aryl methyl sites for hydroxylation is 3. The summed E-state index contributed by atoms with van der Waals surface area (Å²) in [5, 5.41) is 0. The fraction of sp³-hybridized carbons (Fsp3) is 0.235. The van der Waals surface area contributed by atoms with Crippen LogP contribution in [0.25, 0.3) is 16.7 Å². The van der Waals surface area contributed by atoms with Crippen molar-refractivity contribution in [3.63, 3.8) is 0 Å². The minimum absolute atomic E-state index is 0.404. The van der Waals surface area contributed by atoms with E-state index in [9.17, 15) is 0 Å². The number of fused-ring (bicyclic) bond motifs is 1. The summed E-state index contributed by atoms with van der Waals surface area (Å²) in [6, 6.07) is 12.8. The second-order valence-electron chi connectivity index (χ2n) is 5.28. The van der Waals surface area contributed by atoms with Crippen molar-refractivity contribution in [3.8, 4) is 5.69 Å². The van der Waals surface area contributed by atoms with Gasteiger partial charge in [0.15, 0.2) is 0 Å². The van der Waals surface area contributed by atoms with E-state index in [0.717, 1.165) is 22.5 Å². The Hall–Kier alpha value is -1.80. The van der Waals surface area contributed by atoms with Gasteiger partial charge < -0.3 is 0 Å². The van der Waals surface area contributed by atoms with E-state index >= 15 is 0 Å². The lowest BCUT2D eigenvalue weighted by Crippen LogP contribution is -2.02. The molecule has 0 spiro atoms. The normalized spacial score (nSPS) is 11.2. The van der Waals surface area contributed by atoms with E-state index in [4.69, 9.17) is 11.6 Å². The lowest BCUT2D eigenvalue weighted by Gasteiger charge is -2.12. The number of aromatic nitrogens is 2. The molecule has 3 aromatic rings. The van der Waals surface area contributed by atoms with E-state index in [-0.39, 0.29) is 0 Å². The molecule has 1 heterocycles. The molecule has 3 rings (SSSR count). The number of alkyl halides is 1. The smallest absolute Gasteiger partial charge is 0.129 e. The van der Waals surface area contributed by atoms with Gasteiger partial charge in [-0.3, -0.25) is 4.57 Å². The predicted molar refractivity (Wildman–Crippen MR) is 84.8 cm³/mol. The Labute approximate surface area is 124 Å². The molecule has 2 nitrogen and oxygen atoms in total. The summed E-state index contributed by atoms with van der Waals surface area (Å²) in [7, 11) is 0. The third-order valence-electron chi connectivity index (χ3n) is 3.60. The third-order valence-corrected chi connectivity index (χ3v) is 3.84. The summed E-state index contributed by atoms with van der Waals surface area (Å²) in [6.07, 6.45) is 0. The molecular formula is C17H17ClN2. The van der Waals surface area contributed by atoms with Gasteiger partial charge >= 0.3 is 0 Å². The Balaban J connectivity index is 2.37. The minimum atomic E-state index is 0.404. The lowest BCUT2D eigenvalue weighted by molar-refractivity contribution is 0.970. The summed E-state index contributed by atoms with van der Waals surface area (Å²) < 4.78 is 2.17. The van der Waals surface area contributed by atoms with E-state index in [1.165, 1.54) is 16.7 Å². The Morgan fingerprint density at radius 1 is 1.00 bits per heavy atom. The van der Waals surface area contributed by atoms with E-state index < -0.39 is 0 Å². The molecule has 0 saturated heterocycles. The van der Waals surface area contributed by atoms with Gasteiger partial charge in [0.25, 0.3) is 0 Å². The van der Waals surface area contributed by atoms with Crippen molar-refractivity contribution in [2.24, 2.45) is 0 Å². The quantitative estimate of drug-likeness (QED) is 0.624. The van der Waals surface area contributed by atoms with Crippen molar-refractivity contribution in [3.05, 3.63) is 58.9 Å². The van der Waals surface area contributed by atoms with Crippen LogP contribution in [0, 0.1) is 20.8 Å². The number of halogens is 1. The van der Waals surface area contributed by atoms with Gasteiger partial charge in [0, 0.05) is 0 Å². The molecule has 0 atom stereocenters. The van der Waals surface area contributed by atoms with Gasteiger partial charge in [-0.1, -0.05) is 18.2 Å². The first kappa shape index (κ1) is 13.2. The highest BCUT2D eigenvalue weighted by Gasteiger charge is 2.13. The van der Waals surface area contributed by atoms with Crippen molar-refractivity contribution in [2.45, 2.75) is 26.7 Å². The summed E-state index contributed by atoms with van der Waals surface area (Å²) in [4.78, 5) is 4.67. The second-order valence-corrected chi connectivity index (χ2v) is 5.55. The maximum Gasteiger partial charge on any atom is 0.129 e. The molecule has 102 valence electrons. The largest absolute Gasteiger partial charge is 0.295 e. The zero-order chi connectivity index (χ0) is 14.3. The Morgan fingerprint density at radius 2 is 1.70 bits per heavy atom. The van der Waals surface area contributed by atoms with E-state index in [2.05, 4.69) is 66.7 Å². The highest BCUT2D eigenvalue weighted by Crippen LogP contribution is 2.26. The van der Waals surface area contributed by atoms with Crippen LogP contribution in [0.5, 0.6) is 0 Å². The Bertz CT molecular complexity index is 787. The molecule has 0 fully saturated rings. The number of rotatable bonds is 2. The standard InChI is InChI=1S/C17H17ClN2/c1-11-5-7-15-14(8-11)19-17(10-18)20(15)16-9-12(2)4-6-13(16)3/h4-9H,10H2,1-3H3. The first-order chi connectivity index (χ1) is 9.60. The van der Waals surface area contributed by atoms with Crippen LogP contribution < -0.4 is 0 Å². The van der Waals surface area contributed by atoms with Crippen molar-refractivity contribution >= 4 is 22.6 Å². The molecule has 0 bridgehead atoms. The summed E-state index contributed by atoms with van der Waals surface area (Å²) in [5.74, 6) is 1.29. The van der Waals surface area contributed by atoms with Gasteiger partial charge in [-0.05, 0) is 55.7 Å². The molecular weight excluding hydrogens is 268 g/mol. The number of hydrogen-bond acceptors (Lipinski definition) is 1. The van der Waals surface area contributed by atoms with Crippen molar-refractivity contribution in [1.82, 2.24) is 9.55 Å². The average Bonchev–Trinajstić information content (AvgIpc) is 2.78. The fourth-order valence-electron chi connectivity index (χ4n) is 2.56. The summed E-state index contributed by atoms with van der Waals surface area (Å²) >= 11 is 6.10. The van der Waals surface area contributed by atoms with Crippen LogP contribution in [-0.4, -0.2) is 9.55 Å². The fourth-order valence-corrected chi connectivity index (χ4v) is 2.74. The van der Waals surface area contributed by atoms with E-state index in [1.54, 1.807) is 0 Å². The van der Waals surface area contributed by atoms with Crippen LogP contribution in [0.2, 0.25) is 0 Å². The molecule has 0 saturated carbocycles. The summed E-state index contributed by atoms with van der Waals surface area (Å²) in [5.41, 5.74) is 6.94. The number of nitrogens with zero attached hydrogens (tertiary/aromatic N) is 2. The molecule has 3 heteroatoms. The van der Waals surface area contributed by atoms with Crippen molar-refractivity contribution < 1.29 is 0 Å². The Kier molecular flexibility index (Phi) is 3.27. The third kappa shape index (κ3) is 2.10. The molecule has 0 aliphatic carbocycles. The predicted octanol–water partition coefficient (Wildman–Crippen LogP) is 4.69. The van der Waals surface area contributed by atoms with Crippen LogP contribution >= 0.6 is 11.6 Å². The van der Waals surface area contributed by atoms with Gasteiger partial charge in [0.05, 0.1) is 22.6 Å². The molecule has 0 amide bonds. The first-order valence-electron chi connectivity index (χ1n) is 6.71.